The van der Waals surface area contributed by atoms with E-state index in [4.69, 9.17) is 136 Å². The number of likely N-dealkylation sites (N-methyl/N-ethyl adjacent to an activating group) is 2. The zero-order chi connectivity index (χ0) is 73.7. The van der Waals surface area contributed by atoms with Crippen molar-refractivity contribution in [3.8, 4) is 0 Å². The standard InChI is InChI=1S/2C21H39N7O12.3H2O4S/c2*1-5-21(36,4-30)16(40-17-9(26-2)13(34)10(31)6(3-29)38-17)18(37-5)39-15-8(28-20(24)25)11(32)7(27-19(22)23)12(33)14(15)35;3*1-5(2,3)4/h2*4-18,26,29,31-36H,3H2,1-2H3,(H4,22,23,27)(H4,24,25,28);3*(H2,1,2,3,4)/t2*5-,6-,7-,8+,9-,10-,11-,12+,13-,14-,15-,16-,17-,18-,21+;;;/m00.../s1. The number of aliphatic hydroxyl groups excluding tert-OH is 12. The van der Waals surface area contributed by atoms with Gasteiger partial charge in [-0.25, -0.2) is 20.0 Å². The molecule has 0 bridgehead atoms. The molecule has 30 atom stereocenters. The molecule has 0 radical (unpaired) electrons. The summed E-state index contributed by atoms with van der Waals surface area (Å²) in [7, 11) is -11.2. The number of carbonyl (C=O) groups is 2. The Kier molecular flexibility index (Phi) is 32.4. The van der Waals surface area contributed by atoms with Crippen LogP contribution in [0.1, 0.15) is 13.8 Å². The Balaban J connectivity index is 0.000000531. The van der Waals surface area contributed by atoms with Crippen molar-refractivity contribution >= 4 is 67.6 Å². The van der Waals surface area contributed by atoms with Crippen molar-refractivity contribution in [3.05, 3.63) is 0 Å². The third-order valence-corrected chi connectivity index (χ3v) is 14.7. The lowest BCUT2D eigenvalue weighted by molar-refractivity contribution is -0.314. The van der Waals surface area contributed by atoms with Crippen molar-refractivity contribution in [1.82, 2.24) is 10.6 Å². The molecule has 2 aliphatic carbocycles. The number of carbonyl (C=O) groups excluding carboxylic acids is 2. The first kappa shape index (κ1) is 86.2. The second-order valence-corrected chi connectivity index (χ2v) is 23.8. The Labute approximate surface area is 537 Å². The average Bonchev–Trinajstić information content (AvgIpc) is 1.68. The Bertz CT molecular complexity index is 2680. The van der Waals surface area contributed by atoms with Gasteiger partial charge in [0.15, 0.2) is 72.8 Å². The predicted octanol–water partition coefficient (Wildman–Crippen LogP) is -18.3. The number of rotatable bonds is 18. The third-order valence-electron chi connectivity index (χ3n) is 14.7. The molecular weight excluding hydrogens is 1370 g/mol. The van der Waals surface area contributed by atoms with Crippen LogP contribution in [0.2, 0.25) is 0 Å². The molecule has 50 nitrogen and oxygen atoms in total. The second-order valence-electron chi connectivity index (χ2n) is 21.1. The lowest BCUT2D eigenvalue weighted by Crippen LogP contribution is -2.66. The maximum atomic E-state index is 12.1. The molecule has 4 aliphatic heterocycles. The molecule has 6 aliphatic rings. The number of nitrogens with two attached hydrogens (primary N) is 8. The molecule has 0 amide bonds. The Hall–Kier alpha value is -4.93. The molecular formula is C42H84N14O36S3. The van der Waals surface area contributed by atoms with E-state index in [1.807, 2.05) is 0 Å². The van der Waals surface area contributed by atoms with E-state index in [2.05, 4.69) is 30.6 Å². The highest BCUT2D eigenvalue weighted by Gasteiger charge is 2.63. The van der Waals surface area contributed by atoms with Crippen LogP contribution in [0.3, 0.4) is 0 Å². The highest BCUT2D eigenvalue weighted by molar-refractivity contribution is 7.80. The fourth-order valence-electron chi connectivity index (χ4n) is 10.2. The number of hydrogen-bond donors (Lipinski definition) is 30. The fraction of sp³-hybridized carbons (Fsp3) is 0.857. The molecule has 6 rings (SSSR count). The van der Waals surface area contributed by atoms with Gasteiger partial charge in [-0.05, 0) is 27.9 Å². The number of guanidine groups is 4. The first-order valence-corrected chi connectivity index (χ1v) is 31.0. The van der Waals surface area contributed by atoms with Gasteiger partial charge in [0.25, 0.3) is 0 Å². The Morgan fingerprint density at radius 3 is 0.895 bits per heavy atom. The Morgan fingerprint density at radius 1 is 0.421 bits per heavy atom. The van der Waals surface area contributed by atoms with Gasteiger partial charge in [-0.15, -0.1) is 0 Å². The minimum atomic E-state index is -4.67. The van der Waals surface area contributed by atoms with Crippen molar-refractivity contribution in [2.75, 3.05) is 27.3 Å². The quantitative estimate of drug-likeness (QED) is 0.0262. The lowest BCUT2D eigenvalue weighted by Gasteiger charge is -2.45. The van der Waals surface area contributed by atoms with Crippen molar-refractivity contribution in [2.24, 2.45) is 65.8 Å². The van der Waals surface area contributed by atoms with Crippen molar-refractivity contribution in [2.45, 2.75) is 196 Å². The van der Waals surface area contributed by atoms with E-state index in [0.717, 1.165) is 0 Å². The Morgan fingerprint density at radius 2 is 0.674 bits per heavy atom. The van der Waals surface area contributed by atoms with Crippen LogP contribution in [0, 0.1) is 0 Å². The molecule has 0 aromatic carbocycles. The van der Waals surface area contributed by atoms with Gasteiger partial charge < -0.3 is 166 Å². The topological polar surface area (TPSA) is 897 Å². The molecule has 6 fully saturated rings. The number of ether oxygens (including phenoxy) is 8. The van der Waals surface area contributed by atoms with Crippen LogP contribution in [0.5, 0.6) is 0 Å². The fourth-order valence-corrected chi connectivity index (χ4v) is 10.2. The number of aldehydes is 2. The maximum Gasteiger partial charge on any atom is 0.394 e. The minimum absolute atomic E-state index is 0.140. The van der Waals surface area contributed by atoms with Gasteiger partial charge in [0, 0.05) is 0 Å². The monoisotopic (exact) mass is 1460 g/mol. The first-order chi connectivity index (χ1) is 43.4. The van der Waals surface area contributed by atoms with E-state index < -0.39 is 251 Å². The maximum absolute atomic E-state index is 12.1. The average molecular weight is 1460 g/mol. The molecule has 556 valence electrons. The minimum Gasteiger partial charge on any atom is -0.394 e. The summed E-state index contributed by atoms with van der Waals surface area (Å²) in [5.41, 5.74) is 38.8. The second kappa shape index (κ2) is 35.7. The van der Waals surface area contributed by atoms with Gasteiger partial charge >= 0.3 is 31.2 Å². The first-order valence-electron chi connectivity index (χ1n) is 26.9. The van der Waals surface area contributed by atoms with Gasteiger partial charge in [-0.1, -0.05) is 0 Å². The van der Waals surface area contributed by atoms with Crippen LogP contribution in [0.15, 0.2) is 20.0 Å². The van der Waals surface area contributed by atoms with E-state index in [1.54, 1.807) is 0 Å². The summed E-state index contributed by atoms with van der Waals surface area (Å²) in [6.07, 6.45) is -34.6. The molecule has 0 aromatic rings. The summed E-state index contributed by atoms with van der Waals surface area (Å²) in [4.78, 5) is 39.4. The highest BCUT2D eigenvalue weighted by atomic mass is 32.3. The van der Waals surface area contributed by atoms with Crippen LogP contribution >= 0.6 is 0 Å². The smallest absolute Gasteiger partial charge is 0.394 e. The molecule has 2 saturated carbocycles. The van der Waals surface area contributed by atoms with E-state index in [-0.39, 0.29) is 12.6 Å². The zero-order valence-corrected chi connectivity index (χ0v) is 52.3. The molecule has 0 unspecified atom stereocenters. The number of hydrogen-bond acceptors (Lipinski definition) is 36. The zero-order valence-electron chi connectivity index (χ0n) is 49.8. The summed E-state index contributed by atoms with van der Waals surface area (Å²) in [5.74, 6) is -2.07. The van der Waals surface area contributed by atoms with Gasteiger partial charge in [-0.2, -0.15) is 25.3 Å². The van der Waals surface area contributed by atoms with Crippen molar-refractivity contribution < 1.29 is 172 Å². The van der Waals surface area contributed by atoms with Crippen molar-refractivity contribution in [1.29, 1.82) is 0 Å². The number of aliphatic imine (C=N–C) groups is 4. The van der Waals surface area contributed by atoms with Crippen LogP contribution in [0.25, 0.3) is 0 Å². The van der Waals surface area contributed by atoms with Gasteiger partial charge in [0.05, 0.1) is 37.5 Å². The summed E-state index contributed by atoms with van der Waals surface area (Å²) in [6, 6.07) is -8.16. The van der Waals surface area contributed by atoms with Crippen molar-refractivity contribution in [3.63, 3.8) is 0 Å². The number of nitrogens with one attached hydrogen (secondary N) is 2. The molecule has 0 spiro atoms. The molecule has 0 aromatic heterocycles. The lowest BCUT2D eigenvalue weighted by atomic mass is 9.81. The number of aliphatic hydroxyl groups is 14. The molecule has 53 heteroatoms. The van der Waals surface area contributed by atoms with Crippen LogP contribution in [-0.4, -0.2) is 370 Å². The van der Waals surface area contributed by atoms with Gasteiger partial charge in [0.2, 0.25) is 0 Å². The highest BCUT2D eigenvalue weighted by Crippen LogP contribution is 2.41. The summed E-state index contributed by atoms with van der Waals surface area (Å²) in [6.45, 7) is 1.24. The van der Waals surface area contributed by atoms with Crippen LogP contribution in [0.4, 0.5) is 0 Å². The van der Waals surface area contributed by atoms with E-state index in [9.17, 15) is 81.1 Å². The van der Waals surface area contributed by atoms with E-state index in [0.29, 0.717) is 0 Å². The van der Waals surface area contributed by atoms with Crippen LogP contribution in [-0.2, 0) is 78.7 Å². The summed E-state index contributed by atoms with van der Waals surface area (Å²) >= 11 is 0. The third kappa shape index (κ3) is 23.6. The van der Waals surface area contributed by atoms with Gasteiger partial charge in [-0.3, -0.25) is 36.9 Å². The summed E-state index contributed by atoms with van der Waals surface area (Å²) < 4.78 is 141. The number of nitrogens with zero attached hydrogens (tertiary/aromatic N) is 4. The SMILES string of the molecule is CN[C@@H]1[C@H](O[C@H]2[C@H](O[C@@H]3[C@@H](O)[C@H](O)[C@@H](N=C(N)N)[C@H](O)[C@H]3N=C(N)N)O[C@@H](C)[C@]2(O)C=O)O[C@@H](CO)[C@H](O)[C@H]1O.CN[C@@H]1[C@H](O[C@H]2[C@H](O[C@@H]3[C@@H](O)[C@H](O)[C@@H](N=C(N)N)[C@H](O)[C@H]3N=C(N)N)O[C@@H](C)[C@]2(O)C=O)O[C@@H](CO)[C@H](O)[C@H]1O.O=S(=O)(O)O.O=S(=O)(O)O.O=S(=O)(O)O. The molecule has 38 N–H and O–H groups in total. The normalized spacial score (nSPS) is 41.8. The predicted molar refractivity (Wildman–Crippen MR) is 308 cm³/mol. The molecule has 95 heavy (non-hydrogen) atoms. The van der Waals surface area contributed by atoms with Gasteiger partial charge in [0.1, 0.15) is 122 Å². The van der Waals surface area contributed by atoms with E-state index >= 15 is 0 Å². The van der Waals surface area contributed by atoms with Crippen LogP contribution < -0.4 is 56.5 Å². The summed E-state index contributed by atoms with van der Waals surface area (Å²) in [5, 5.41) is 153. The molecule has 4 saturated heterocycles. The largest absolute Gasteiger partial charge is 0.394 e. The van der Waals surface area contributed by atoms with E-state index in [1.165, 1.54) is 27.9 Å². The molecule has 4 heterocycles.